The van der Waals surface area contributed by atoms with Gasteiger partial charge in [-0.2, -0.15) is 0 Å². The van der Waals surface area contributed by atoms with E-state index in [4.69, 9.17) is 19.6 Å². The summed E-state index contributed by atoms with van der Waals surface area (Å²) in [6.07, 6.45) is 2.83. The molecule has 1 rings (SSSR count). The molecule has 0 heterocycles. The highest BCUT2D eigenvalue weighted by Gasteiger charge is 2.30. The summed E-state index contributed by atoms with van der Waals surface area (Å²) in [7, 11) is -4.66. The Labute approximate surface area is 131 Å². The van der Waals surface area contributed by atoms with Crippen LogP contribution in [-0.4, -0.2) is 69.1 Å². The third-order valence-corrected chi connectivity index (χ3v) is 5.34. The van der Waals surface area contributed by atoms with Crippen molar-refractivity contribution in [2.24, 2.45) is 11.8 Å². The summed E-state index contributed by atoms with van der Waals surface area (Å²) >= 11 is 0. The standard InChI is InChI=1S/C12H28N2O6P2/c1-13(2)7-11-4-3-5-12(6-11)8-14(9-21(15,16)17)10-22(18,19)20/h11-12H,3-10H2,1-2H3,(H2,15,16,17)(H2,18,19,20). The first-order valence-corrected chi connectivity index (χ1v) is 11.0. The molecule has 8 nitrogen and oxygen atoms in total. The monoisotopic (exact) mass is 358 g/mol. The fourth-order valence-electron chi connectivity index (χ4n) is 3.30. The summed E-state index contributed by atoms with van der Waals surface area (Å²) in [5.74, 6) is 0.748. The summed E-state index contributed by atoms with van der Waals surface area (Å²) in [5.41, 5.74) is 0. The van der Waals surface area contributed by atoms with Gasteiger partial charge in [0, 0.05) is 13.1 Å². The predicted molar refractivity (Wildman–Crippen MR) is 84.5 cm³/mol. The minimum absolute atomic E-state index is 0.219. The Hall–Kier alpha value is 0.220. The number of hydrogen-bond donors (Lipinski definition) is 4. The van der Waals surface area contributed by atoms with Crippen LogP contribution in [0.5, 0.6) is 0 Å². The molecule has 2 atom stereocenters. The van der Waals surface area contributed by atoms with Crippen molar-refractivity contribution in [2.75, 3.05) is 39.8 Å². The van der Waals surface area contributed by atoms with Gasteiger partial charge in [0.25, 0.3) is 0 Å². The van der Waals surface area contributed by atoms with Crippen molar-refractivity contribution in [3.05, 3.63) is 0 Å². The molecule has 0 aromatic heterocycles. The van der Waals surface area contributed by atoms with Gasteiger partial charge in [0.1, 0.15) is 12.6 Å². The van der Waals surface area contributed by atoms with E-state index in [0.29, 0.717) is 12.5 Å². The fraction of sp³-hybridized carbons (Fsp3) is 1.00. The number of nitrogens with zero attached hydrogens (tertiary/aromatic N) is 2. The second kappa shape index (κ2) is 8.36. The lowest BCUT2D eigenvalue weighted by atomic mass is 9.81. The topological polar surface area (TPSA) is 122 Å². The molecule has 10 heteroatoms. The third kappa shape index (κ3) is 9.38. The van der Waals surface area contributed by atoms with Gasteiger partial charge >= 0.3 is 15.2 Å². The maximum atomic E-state index is 11.2. The maximum Gasteiger partial charge on any atom is 0.339 e. The Morgan fingerprint density at radius 1 is 0.909 bits per heavy atom. The van der Waals surface area contributed by atoms with Crippen LogP contribution in [0, 0.1) is 11.8 Å². The van der Waals surface area contributed by atoms with Gasteiger partial charge in [-0.05, 0) is 45.2 Å². The van der Waals surface area contributed by atoms with Crippen LogP contribution in [-0.2, 0) is 9.13 Å². The summed E-state index contributed by atoms with van der Waals surface area (Å²) in [4.78, 5) is 39.7. The van der Waals surface area contributed by atoms with E-state index in [2.05, 4.69) is 4.90 Å². The molecule has 0 aromatic rings. The first kappa shape index (κ1) is 20.3. The third-order valence-electron chi connectivity index (χ3n) is 3.80. The number of rotatable bonds is 8. The molecule has 1 aliphatic carbocycles. The van der Waals surface area contributed by atoms with E-state index in [-0.39, 0.29) is 5.92 Å². The summed E-state index contributed by atoms with van der Waals surface area (Å²) in [6.45, 7) is 1.29. The Morgan fingerprint density at radius 2 is 1.36 bits per heavy atom. The predicted octanol–water partition coefficient (Wildman–Crippen LogP) is 0.927. The zero-order valence-corrected chi connectivity index (χ0v) is 15.0. The Kier molecular flexibility index (Phi) is 7.70. The van der Waals surface area contributed by atoms with E-state index in [1.807, 2.05) is 14.1 Å². The van der Waals surface area contributed by atoms with Gasteiger partial charge in [0.05, 0.1) is 0 Å². The van der Waals surface area contributed by atoms with Crippen molar-refractivity contribution in [2.45, 2.75) is 25.7 Å². The summed E-state index contributed by atoms with van der Waals surface area (Å²) in [6, 6.07) is 0. The average molecular weight is 358 g/mol. The lowest BCUT2D eigenvalue weighted by Crippen LogP contribution is -2.35. The van der Waals surface area contributed by atoms with Gasteiger partial charge in [-0.1, -0.05) is 6.42 Å². The van der Waals surface area contributed by atoms with Crippen LogP contribution >= 0.6 is 15.2 Å². The molecule has 2 unspecified atom stereocenters. The smallest absolute Gasteiger partial charge is 0.324 e. The van der Waals surface area contributed by atoms with Gasteiger partial charge in [-0.25, -0.2) is 0 Å². The van der Waals surface area contributed by atoms with Gasteiger partial charge in [0.2, 0.25) is 0 Å². The molecular weight excluding hydrogens is 330 g/mol. The number of hydrogen-bond acceptors (Lipinski definition) is 4. The molecule has 1 fully saturated rings. The van der Waals surface area contributed by atoms with Crippen molar-refractivity contribution in [1.29, 1.82) is 0 Å². The molecule has 1 saturated carbocycles. The zero-order chi connectivity index (χ0) is 17.0. The maximum absolute atomic E-state index is 11.2. The van der Waals surface area contributed by atoms with E-state index in [0.717, 1.165) is 32.2 Å². The van der Waals surface area contributed by atoms with Crippen LogP contribution in [0.15, 0.2) is 0 Å². The molecule has 0 spiro atoms. The van der Waals surface area contributed by atoms with Gasteiger partial charge in [-0.3, -0.25) is 14.0 Å². The Bertz CT molecular complexity index is 411. The largest absolute Gasteiger partial charge is 0.339 e. The molecule has 0 amide bonds. The zero-order valence-electron chi connectivity index (χ0n) is 13.2. The van der Waals surface area contributed by atoms with Crippen LogP contribution in [0.25, 0.3) is 0 Å². The Balaban J connectivity index is 2.63. The molecule has 0 aliphatic heterocycles. The summed E-state index contributed by atoms with van der Waals surface area (Å²) < 4.78 is 22.3. The Morgan fingerprint density at radius 3 is 1.77 bits per heavy atom. The van der Waals surface area contributed by atoms with Crippen molar-refractivity contribution < 1.29 is 28.7 Å². The molecule has 1 aliphatic rings. The molecule has 22 heavy (non-hydrogen) atoms. The molecule has 0 aromatic carbocycles. The van der Waals surface area contributed by atoms with Crippen molar-refractivity contribution in [3.63, 3.8) is 0 Å². The average Bonchev–Trinajstić information content (AvgIpc) is 2.22. The fourth-order valence-corrected chi connectivity index (χ4v) is 4.93. The first-order chi connectivity index (χ1) is 9.94. The minimum atomic E-state index is -4.34. The van der Waals surface area contributed by atoms with E-state index in [1.54, 1.807) is 0 Å². The van der Waals surface area contributed by atoms with Crippen LogP contribution in [0.1, 0.15) is 25.7 Å². The van der Waals surface area contributed by atoms with Gasteiger partial charge < -0.3 is 24.5 Å². The van der Waals surface area contributed by atoms with Crippen LogP contribution in [0.2, 0.25) is 0 Å². The summed E-state index contributed by atoms with van der Waals surface area (Å²) in [5, 5.41) is 0. The molecule has 0 saturated heterocycles. The molecule has 132 valence electrons. The van der Waals surface area contributed by atoms with E-state index in [1.165, 1.54) is 4.90 Å². The molecular formula is C12H28N2O6P2. The van der Waals surface area contributed by atoms with Gasteiger partial charge in [0.15, 0.2) is 0 Å². The van der Waals surface area contributed by atoms with Crippen molar-refractivity contribution in [3.8, 4) is 0 Å². The van der Waals surface area contributed by atoms with Gasteiger partial charge in [-0.15, -0.1) is 0 Å². The second-order valence-electron chi connectivity index (χ2n) is 6.63. The molecule has 4 N–H and O–H groups in total. The first-order valence-electron chi connectivity index (χ1n) is 7.41. The lowest BCUT2D eigenvalue weighted by molar-refractivity contribution is 0.170. The SMILES string of the molecule is CN(C)CC1CCCC(CN(CP(=O)(O)O)CP(=O)(O)O)C1. The van der Waals surface area contributed by atoms with Crippen LogP contribution in [0.3, 0.4) is 0 Å². The van der Waals surface area contributed by atoms with Crippen molar-refractivity contribution in [1.82, 2.24) is 9.80 Å². The second-order valence-corrected chi connectivity index (χ2v) is 9.85. The highest BCUT2D eigenvalue weighted by molar-refractivity contribution is 7.52. The highest BCUT2D eigenvalue weighted by atomic mass is 31.2. The van der Waals surface area contributed by atoms with Crippen LogP contribution < -0.4 is 0 Å². The highest BCUT2D eigenvalue weighted by Crippen LogP contribution is 2.42. The van der Waals surface area contributed by atoms with E-state index < -0.39 is 27.8 Å². The quantitative estimate of drug-likeness (QED) is 0.473. The molecule has 0 radical (unpaired) electrons. The molecule has 0 bridgehead atoms. The van der Waals surface area contributed by atoms with E-state index in [9.17, 15) is 9.13 Å². The normalized spacial score (nSPS) is 24.2. The van der Waals surface area contributed by atoms with E-state index >= 15 is 0 Å². The lowest BCUT2D eigenvalue weighted by Gasteiger charge is -2.34. The minimum Gasteiger partial charge on any atom is -0.324 e. The van der Waals surface area contributed by atoms with Crippen LogP contribution in [0.4, 0.5) is 0 Å². The van der Waals surface area contributed by atoms with Crippen molar-refractivity contribution >= 4 is 15.2 Å².